The molecule has 6 heteroatoms. The zero-order chi connectivity index (χ0) is 10.3. The van der Waals surface area contributed by atoms with Crippen molar-refractivity contribution in [2.75, 3.05) is 25.9 Å². The van der Waals surface area contributed by atoms with Crippen LogP contribution in [-0.4, -0.2) is 66.8 Å². The number of hydrogen-bond acceptors (Lipinski definition) is 3. The molecule has 0 aliphatic heterocycles. The zero-order valence-corrected chi connectivity index (χ0v) is 11.3. The second-order valence-electron chi connectivity index (χ2n) is 3.30. The molecule has 0 spiro atoms. The predicted molar refractivity (Wildman–Crippen MR) is 61.4 cm³/mol. The molecule has 0 radical (unpaired) electrons. The largest absolute Gasteiger partial charge is 2.00 e. The van der Waals surface area contributed by atoms with E-state index < -0.39 is 10.1 Å². The molecule has 0 atom stereocenters. The molecule has 0 aliphatic rings. The third kappa shape index (κ3) is 12.6. The Kier molecular flexibility index (Phi) is 10.8. The van der Waals surface area contributed by atoms with E-state index in [0.29, 0.717) is 6.54 Å². The van der Waals surface area contributed by atoms with Gasteiger partial charge in [-0.2, -0.15) is 8.42 Å². The molecule has 0 unspecified atom stereocenters. The monoisotopic (exact) mass is 235 g/mol. The SMILES string of the molecule is CCCCCN(C)CCS(=O)(=O)O.[H-].[H-].[Mg+2]. The van der Waals surface area contributed by atoms with Crippen molar-refractivity contribution in [1.82, 2.24) is 4.90 Å². The molecule has 0 amide bonds. The van der Waals surface area contributed by atoms with Gasteiger partial charge in [-0.25, -0.2) is 0 Å². The van der Waals surface area contributed by atoms with E-state index >= 15 is 0 Å². The van der Waals surface area contributed by atoms with E-state index in [1.54, 1.807) is 0 Å². The molecule has 0 saturated carbocycles. The molecule has 0 aromatic carbocycles. The molecule has 0 aliphatic carbocycles. The topological polar surface area (TPSA) is 57.6 Å². The van der Waals surface area contributed by atoms with Gasteiger partial charge in [-0.1, -0.05) is 19.8 Å². The summed E-state index contributed by atoms with van der Waals surface area (Å²) < 4.78 is 29.3. The van der Waals surface area contributed by atoms with Gasteiger partial charge in [0.2, 0.25) is 0 Å². The van der Waals surface area contributed by atoms with Gasteiger partial charge in [0.15, 0.2) is 0 Å². The molecule has 14 heavy (non-hydrogen) atoms. The van der Waals surface area contributed by atoms with Crippen molar-refractivity contribution in [3.05, 3.63) is 0 Å². The van der Waals surface area contributed by atoms with Crippen molar-refractivity contribution in [1.29, 1.82) is 0 Å². The van der Waals surface area contributed by atoms with Crippen LogP contribution in [0.2, 0.25) is 0 Å². The third-order valence-electron chi connectivity index (χ3n) is 1.87. The first-order valence-corrected chi connectivity index (χ1v) is 6.20. The molecule has 0 bridgehead atoms. The molecular formula is C8H21MgNO3S. The van der Waals surface area contributed by atoms with Crippen molar-refractivity contribution in [2.45, 2.75) is 26.2 Å². The van der Waals surface area contributed by atoms with Crippen LogP contribution in [0.1, 0.15) is 29.0 Å². The fourth-order valence-electron chi connectivity index (χ4n) is 1.01. The molecule has 4 nitrogen and oxygen atoms in total. The molecule has 0 aromatic rings. The standard InChI is InChI=1S/C8H19NO3S.Mg.2H/c1-3-4-5-6-9(2)7-8-13(10,11)12;;;/h3-8H2,1-2H3,(H,10,11,12);;;/q;+2;2*-1. The summed E-state index contributed by atoms with van der Waals surface area (Å²) in [5, 5.41) is 0. The van der Waals surface area contributed by atoms with E-state index in [0.717, 1.165) is 25.8 Å². The minimum atomic E-state index is -3.79. The summed E-state index contributed by atoms with van der Waals surface area (Å²) >= 11 is 0. The van der Waals surface area contributed by atoms with Crippen molar-refractivity contribution in [3.63, 3.8) is 0 Å². The fraction of sp³-hybridized carbons (Fsp3) is 1.00. The van der Waals surface area contributed by atoms with Crippen LogP contribution in [0.15, 0.2) is 0 Å². The van der Waals surface area contributed by atoms with Crippen molar-refractivity contribution < 1.29 is 15.8 Å². The minimum absolute atomic E-state index is 0. The molecule has 0 saturated heterocycles. The molecule has 0 aromatic heterocycles. The van der Waals surface area contributed by atoms with E-state index in [1.165, 1.54) is 0 Å². The molecular weight excluding hydrogens is 214 g/mol. The van der Waals surface area contributed by atoms with Gasteiger partial charge in [-0.3, -0.25) is 4.55 Å². The Hall–Kier alpha value is 0.636. The molecule has 0 heterocycles. The fourth-order valence-corrected chi connectivity index (χ4v) is 1.56. The van der Waals surface area contributed by atoms with Gasteiger partial charge >= 0.3 is 23.1 Å². The van der Waals surface area contributed by atoms with Crippen LogP contribution in [-0.2, 0) is 10.1 Å². The molecule has 0 fully saturated rings. The summed E-state index contributed by atoms with van der Waals surface area (Å²) in [5.74, 6) is -0.171. The van der Waals surface area contributed by atoms with Crippen LogP contribution in [0.3, 0.4) is 0 Å². The Morgan fingerprint density at radius 3 is 2.29 bits per heavy atom. The maximum Gasteiger partial charge on any atom is 2.00 e. The molecule has 1 N–H and O–H groups in total. The van der Waals surface area contributed by atoms with Crippen LogP contribution in [0.5, 0.6) is 0 Å². The van der Waals surface area contributed by atoms with Gasteiger partial charge in [0.25, 0.3) is 10.1 Å². The number of rotatable bonds is 7. The van der Waals surface area contributed by atoms with E-state index in [-0.39, 0.29) is 31.7 Å². The summed E-state index contributed by atoms with van der Waals surface area (Å²) in [4.78, 5) is 1.92. The predicted octanol–water partition coefficient (Wildman–Crippen LogP) is 0.840. The van der Waals surface area contributed by atoms with Crippen LogP contribution < -0.4 is 0 Å². The first-order chi connectivity index (χ1) is 5.95. The summed E-state index contributed by atoms with van der Waals surface area (Å²) in [7, 11) is -1.93. The third-order valence-corrected chi connectivity index (χ3v) is 2.57. The van der Waals surface area contributed by atoms with Crippen molar-refractivity contribution in [3.8, 4) is 0 Å². The zero-order valence-electron chi connectivity index (χ0n) is 11.1. The molecule has 84 valence electrons. The first kappa shape index (κ1) is 17.0. The maximum atomic E-state index is 10.4. The van der Waals surface area contributed by atoms with Gasteiger partial charge in [0.05, 0.1) is 5.75 Å². The number of nitrogens with zero attached hydrogens (tertiary/aromatic N) is 1. The second-order valence-corrected chi connectivity index (χ2v) is 4.87. The van der Waals surface area contributed by atoms with Gasteiger partial charge in [-0.05, 0) is 20.0 Å². The maximum absolute atomic E-state index is 10.4. The molecule has 0 rings (SSSR count). The Labute approximate surface area is 106 Å². The Bertz CT molecular complexity index is 227. The summed E-state index contributed by atoms with van der Waals surface area (Å²) in [5.41, 5.74) is 0. The summed E-state index contributed by atoms with van der Waals surface area (Å²) in [6.45, 7) is 3.42. The Balaban J connectivity index is -0.000000240. The van der Waals surface area contributed by atoms with E-state index in [2.05, 4.69) is 6.92 Å². The van der Waals surface area contributed by atoms with Crippen LogP contribution in [0.4, 0.5) is 0 Å². The van der Waals surface area contributed by atoms with Gasteiger partial charge < -0.3 is 7.75 Å². The van der Waals surface area contributed by atoms with Crippen molar-refractivity contribution in [2.24, 2.45) is 0 Å². The van der Waals surface area contributed by atoms with E-state index in [4.69, 9.17) is 4.55 Å². The van der Waals surface area contributed by atoms with Crippen LogP contribution in [0.25, 0.3) is 0 Å². The Morgan fingerprint density at radius 1 is 1.29 bits per heavy atom. The minimum Gasteiger partial charge on any atom is -1.00 e. The van der Waals surface area contributed by atoms with Crippen LogP contribution >= 0.6 is 0 Å². The van der Waals surface area contributed by atoms with Gasteiger partial charge in [0, 0.05) is 6.54 Å². The van der Waals surface area contributed by atoms with E-state index in [1.807, 2.05) is 11.9 Å². The average molecular weight is 236 g/mol. The summed E-state index contributed by atoms with van der Waals surface area (Å²) in [6.07, 6.45) is 3.40. The van der Waals surface area contributed by atoms with Crippen LogP contribution in [0, 0.1) is 0 Å². The average Bonchev–Trinajstić information content (AvgIpc) is 2.00. The normalized spacial score (nSPS) is 11.4. The second kappa shape index (κ2) is 8.91. The first-order valence-electron chi connectivity index (χ1n) is 4.59. The van der Waals surface area contributed by atoms with Gasteiger partial charge in [-0.15, -0.1) is 0 Å². The number of unbranched alkanes of at least 4 members (excludes halogenated alkanes) is 2. The van der Waals surface area contributed by atoms with Crippen molar-refractivity contribution >= 4 is 33.2 Å². The quantitative estimate of drug-likeness (QED) is 0.404. The van der Waals surface area contributed by atoms with Gasteiger partial charge in [0.1, 0.15) is 0 Å². The summed E-state index contributed by atoms with van der Waals surface area (Å²) in [6, 6.07) is 0. The Morgan fingerprint density at radius 2 is 1.86 bits per heavy atom. The van der Waals surface area contributed by atoms with E-state index in [9.17, 15) is 8.42 Å². The smallest absolute Gasteiger partial charge is 1.00 e. The number of hydrogen-bond donors (Lipinski definition) is 1.